The zero-order valence-electron chi connectivity index (χ0n) is 10.6. The Bertz CT molecular complexity index is 775. The standard InChI is InChI=1S/C14H11Cl2N3O/c1-19-7-18-12-6-9(2-3-13(12)19)20-14-10(15)4-8(17)5-11(14)16/h2-7H,17H2,1H3. The largest absolute Gasteiger partial charge is 0.454 e. The molecule has 0 saturated heterocycles. The van der Waals surface area contributed by atoms with Gasteiger partial charge in [0.05, 0.1) is 27.4 Å². The summed E-state index contributed by atoms with van der Waals surface area (Å²) in [5.41, 5.74) is 8.02. The average Bonchev–Trinajstić information content (AvgIpc) is 2.75. The van der Waals surface area contributed by atoms with Gasteiger partial charge in [-0.25, -0.2) is 4.98 Å². The van der Waals surface area contributed by atoms with Crippen molar-refractivity contribution in [1.82, 2.24) is 9.55 Å². The van der Waals surface area contributed by atoms with E-state index >= 15 is 0 Å². The SMILES string of the molecule is Cn1cnc2cc(Oc3c(Cl)cc(N)cc3Cl)ccc21. The van der Waals surface area contributed by atoms with Gasteiger partial charge in [0, 0.05) is 18.8 Å². The number of imidazole rings is 1. The minimum absolute atomic E-state index is 0.371. The van der Waals surface area contributed by atoms with E-state index in [1.165, 1.54) is 0 Å². The molecule has 0 saturated carbocycles. The fourth-order valence-electron chi connectivity index (χ4n) is 1.97. The molecule has 3 aromatic rings. The van der Waals surface area contributed by atoms with E-state index in [4.69, 9.17) is 33.7 Å². The van der Waals surface area contributed by atoms with Gasteiger partial charge in [-0.15, -0.1) is 0 Å². The molecule has 0 unspecified atom stereocenters. The molecule has 1 aromatic heterocycles. The second kappa shape index (κ2) is 4.89. The van der Waals surface area contributed by atoms with Crippen LogP contribution < -0.4 is 10.5 Å². The summed E-state index contributed by atoms with van der Waals surface area (Å²) in [5.74, 6) is 1.00. The van der Waals surface area contributed by atoms with Gasteiger partial charge in [0.25, 0.3) is 0 Å². The van der Waals surface area contributed by atoms with Crippen molar-refractivity contribution in [3.05, 3.63) is 46.7 Å². The molecule has 4 nitrogen and oxygen atoms in total. The molecule has 102 valence electrons. The number of aromatic nitrogens is 2. The number of hydrogen-bond acceptors (Lipinski definition) is 3. The lowest BCUT2D eigenvalue weighted by molar-refractivity contribution is 0.484. The minimum Gasteiger partial charge on any atom is -0.454 e. The number of halogens is 2. The number of anilines is 1. The highest BCUT2D eigenvalue weighted by Gasteiger charge is 2.11. The lowest BCUT2D eigenvalue weighted by Crippen LogP contribution is -1.90. The van der Waals surface area contributed by atoms with Gasteiger partial charge in [-0.1, -0.05) is 23.2 Å². The number of nitrogens with zero attached hydrogens (tertiary/aromatic N) is 2. The van der Waals surface area contributed by atoms with Gasteiger partial charge in [-0.2, -0.15) is 0 Å². The predicted octanol–water partition coefficient (Wildman–Crippen LogP) is 4.25. The number of hydrogen-bond donors (Lipinski definition) is 1. The van der Waals surface area contributed by atoms with Crippen molar-refractivity contribution in [2.75, 3.05) is 5.73 Å². The maximum Gasteiger partial charge on any atom is 0.164 e. The van der Waals surface area contributed by atoms with Gasteiger partial charge < -0.3 is 15.0 Å². The van der Waals surface area contributed by atoms with Crippen LogP contribution in [0.1, 0.15) is 0 Å². The van der Waals surface area contributed by atoms with Crippen LogP contribution >= 0.6 is 23.2 Å². The highest BCUT2D eigenvalue weighted by molar-refractivity contribution is 6.37. The fourth-order valence-corrected chi connectivity index (χ4v) is 2.56. The maximum atomic E-state index is 6.10. The summed E-state index contributed by atoms with van der Waals surface area (Å²) in [7, 11) is 1.93. The Morgan fingerprint density at radius 1 is 1.15 bits per heavy atom. The molecule has 2 aromatic carbocycles. The second-order valence-electron chi connectivity index (χ2n) is 4.42. The van der Waals surface area contributed by atoms with Crippen molar-refractivity contribution >= 4 is 39.9 Å². The summed E-state index contributed by atoms with van der Waals surface area (Å²) >= 11 is 12.2. The van der Waals surface area contributed by atoms with Crippen molar-refractivity contribution in [3.8, 4) is 11.5 Å². The molecule has 0 spiro atoms. The predicted molar refractivity (Wildman–Crippen MR) is 81.7 cm³/mol. The normalized spacial score (nSPS) is 10.9. The molecule has 3 rings (SSSR count). The Hall–Kier alpha value is -1.91. The number of aryl methyl sites for hydroxylation is 1. The van der Waals surface area contributed by atoms with E-state index in [9.17, 15) is 0 Å². The van der Waals surface area contributed by atoms with E-state index in [0.29, 0.717) is 27.2 Å². The van der Waals surface area contributed by atoms with Crippen LogP contribution in [0.4, 0.5) is 5.69 Å². The van der Waals surface area contributed by atoms with Crippen LogP contribution in [0.15, 0.2) is 36.7 Å². The van der Waals surface area contributed by atoms with Crippen LogP contribution in [0, 0.1) is 0 Å². The third-order valence-corrected chi connectivity index (χ3v) is 3.50. The topological polar surface area (TPSA) is 53.1 Å². The Balaban J connectivity index is 2.01. The molecule has 0 atom stereocenters. The molecule has 20 heavy (non-hydrogen) atoms. The summed E-state index contributed by atoms with van der Waals surface area (Å²) in [6.45, 7) is 0. The van der Waals surface area contributed by atoms with Gasteiger partial charge in [0.2, 0.25) is 0 Å². The van der Waals surface area contributed by atoms with E-state index in [0.717, 1.165) is 11.0 Å². The Morgan fingerprint density at radius 2 is 1.85 bits per heavy atom. The van der Waals surface area contributed by atoms with Gasteiger partial charge in [-0.3, -0.25) is 0 Å². The number of nitrogens with two attached hydrogens (primary N) is 1. The first kappa shape index (κ1) is 13.1. The van der Waals surface area contributed by atoms with Crippen LogP contribution in [-0.2, 0) is 7.05 Å². The van der Waals surface area contributed by atoms with E-state index < -0.39 is 0 Å². The first-order valence-electron chi connectivity index (χ1n) is 5.88. The molecule has 2 N–H and O–H groups in total. The van der Waals surface area contributed by atoms with Crippen LogP contribution in [0.5, 0.6) is 11.5 Å². The molecule has 0 aliphatic rings. The molecule has 1 heterocycles. The lowest BCUT2D eigenvalue weighted by Gasteiger charge is -2.10. The third kappa shape index (κ3) is 2.28. The van der Waals surface area contributed by atoms with E-state index in [2.05, 4.69) is 4.98 Å². The number of benzene rings is 2. The highest BCUT2D eigenvalue weighted by atomic mass is 35.5. The molecule has 6 heteroatoms. The van der Waals surface area contributed by atoms with Crippen molar-refractivity contribution in [2.45, 2.75) is 0 Å². The van der Waals surface area contributed by atoms with Crippen LogP contribution in [0.25, 0.3) is 11.0 Å². The van der Waals surface area contributed by atoms with E-state index in [1.807, 2.05) is 29.8 Å². The molecular formula is C14H11Cl2N3O. The van der Waals surface area contributed by atoms with Gasteiger partial charge in [-0.05, 0) is 24.3 Å². The minimum atomic E-state index is 0.371. The van der Waals surface area contributed by atoms with Crippen molar-refractivity contribution in [1.29, 1.82) is 0 Å². The van der Waals surface area contributed by atoms with Crippen molar-refractivity contribution in [2.24, 2.45) is 7.05 Å². The number of fused-ring (bicyclic) bond motifs is 1. The highest BCUT2D eigenvalue weighted by Crippen LogP contribution is 2.38. The summed E-state index contributed by atoms with van der Waals surface area (Å²) in [6, 6.07) is 8.80. The van der Waals surface area contributed by atoms with Crippen molar-refractivity contribution < 1.29 is 4.74 Å². The Morgan fingerprint density at radius 3 is 2.55 bits per heavy atom. The summed E-state index contributed by atoms with van der Waals surface area (Å²) in [5, 5.41) is 0.743. The van der Waals surface area contributed by atoms with Gasteiger partial charge in [0.15, 0.2) is 5.75 Å². The van der Waals surface area contributed by atoms with Crippen LogP contribution in [0.3, 0.4) is 0 Å². The number of ether oxygens (including phenoxy) is 1. The monoisotopic (exact) mass is 307 g/mol. The number of rotatable bonds is 2. The first-order chi connectivity index (χ1) is 9.54. The molecule has 0 radical (unpaired) electrons. The first-order valence-corrected chi connectivity index (χ1v) is 6.63. The van der Waals surface area contributed by atoms with Crippen LogP contribution in [-0.4, -0.2) is 9.55 Å². The van der Waals surface area contributed by atoms with Crippen molar-refractivity contribution in [3.63, 3.8) is 0 Å². The Kier molecular flexibility index (Phi) is 3.20. The summed E-state index contributed by atoms with van der Waals surface area (Å²) in [4.78, 5) is 4.28. The maximum absolute atomic E-state index is 6.10. The molecule has 0 fully saturated rings. The zero-order valence-corrected chi connectivity index (χ0v) is 12.1. The smallest absolute Gasteiger partial charge is 0.164 e. The zero-order chi connectivity index (χ0) is 14.3. The third-order valence-electron chi connectivity index (χ3n) is 2.94. The molecule has 0 aliphatic carbocycles. The summed E-state index contributed by atoms with van der Waals surface area (Å²) in [6.07, 6.45) is 1.75. The van der Waals surface area contributed by atoms with E-state index in [-0.39, 0.29) is 0 Å². The van der Waals surface area contributed by atoms with Gasteiger partial charge >= 0.3 is 0 Å². The van der Waals surface area contributed by atoms with Gasteiger partial charge in [0.1, 0.15) is 5.75 Å². The lowest BCUT2D eigenvalue weighted by atomic mass is 10.3. The quantitative estimate of drug-likeness (QED) is 0.720. The summed E-state index contributed by atoms with van der Waals surface area (Å²) < 4.78 is 7.68. The molecule has 0 aliphatic heterocycles. The Labute approximate surface area is 125 Å². The number of nitrogen functional groups attached to an aromatic ring is 1. The van der Waals surface area contributed by atoms with E-state index in [1.54, 1.807) is 18.5 Å². The second-order valence-corrected chi connectivity index (χ2v) is 5.24. The average molecular weight is 308 g/mol. The molecular weight excluding hydrogens is 297 g/mol. The fraction of sp³-hybridized carbons (Fsp3) is 0.0714. The molecule has 0 bridgehead atoms. The molecule has 0 amide bonds. The van der Waals surface area contributed by atoms with Crippen LogP contribution in [0.2, 0.25) is 10.0 Å².